The van der Waals surface area contributed by atoms with Crippen molar-refractivity contribution in [3.05, 3.63) is 59.2 Å². The summed E-state index contributed by atoms with van der Waals surface area (Å²) in [6.07, 6.45) is 0. The fourth-order valence-electron chi connectivity index (χ4n) is 2.75. The average Bonchev–Trinajstić information content (AvgIpc) is 3.10. The second-order valence-electron chi connectivity index (χ2n) is 6.39. The summed E-state index contributed by atoms with van der Waals surface area (Å²) in [6.45, 7) is 1.70. The molecular weight excluding hydrogens is 438 g/mol. The number of fused-ring (bicyclic) bond motifs is 1. The number of hydrogen-bond acceptors (Lipinski definition) is 8. The Morgan fingerprint density at radius 2 is 1.94 bits per heavy atom. The van der Waals surface area contributed by atoms with Gasteiger partial charge in [0.15, 0.2) is 17.2 Å². The van der Waals surface area contributed by atoms with E-state index >= 15 is 0 Å². The lowest BCUT2D eigenvalue weighted by Gasteiger charge is -2.10. The van der Waals surface area contributed by atoms with E-state index in [9.17, 15) is 9.18 Å². The van der Waals surface area contributed by atoms with Gasteiger partial charge < -0.3 is 23.9 Å². The highest BCUT2D eigenvalue weighted by Crippen LogP contribution is 2.44. The zero-order valence-electron chi connectivity index (χ0n) is 17.5. The zero-order chi connectivity index (χ0) is 23.1. The van der Waals surface area contributed by atoms with E-state index in [1.165, 1.54) is 14.2 Å². The molecule has 2 unspecified atom stereocenters. The van der Waals surface area contributed by atoms with Crippen LogP contribution < -0.4 is 9.47 Å². The van der Waals surface area contributed by atoms with E-state index in [0.29, 0.717) is 22.4 Å². The van der Waals surface area contributed by atoms with Gasteiger partial charge in [-0.25, -0.2) is 4.79 Å². The van der Waals surface area contributed by atoms with Crippen LogP contribution in [-0.2, 0) is 25.8 Å². The molecule has 0 saturated heterocycles. The Kier molecular flexibility index (Phi) is 7.29. The Labute approximate surface area is 186 Å². The summed E-state index contributed by atoms with van der Waals surface area (Å²) in [4.78, 5) is 22.2. The van der Waals surface area contributed by atoms with Crippen molar-refractivity contribution in [2.24, 2.45) is 10.3 Å². The third-order valence-electron chi connectivity index (χ3n) is 4.10. The van der Waals surface area contributed by atoms with Gasteiger partial charge in [-0.3, -0.25) is 0 Å². The summed E-state index contributed by atoms with van der Waals surface area (Å²) >= 11 is 0. The van der Waals surface area contributed by atoms with Gasteiger partial charge in [-0.2, -0.15) is 4.39 Å². The van der Waals surface area contributed by atoms with Crippen molar-refractivity contribution < 1.29 is 33.1 Å². The molecule has 0 bridgehead atoms. The summed E-state index contributed by atoms with van der Waals surface area (Å²) in [5.74, 6) is 3.20. The second kappa shape index (κ2) is 10.1. The lowest BCUT2D eigenvalue weighted by atomic mass is 10.0. The number of esters is 1. The molecule has 2 aromatic carbocycles. The first-order valence-electron chi connectivity index (χ1n) is 9.29. The van der Waals surface area contributed by atoms with Gasteiger partial charge in [0.25, 0.3) is 0 Å². The van der Waals surface area contributed by atoms with Crippen LogP contribution >= 0.6 is 9.24 Å². The molecule has 0 N–H and O–H groups in total. The molecule has 32 heavy (non-hydrogen) atoms. The number of ether oxygens (including phenoxy) is 3. The predicted octanol–water partition coefficient (Wildman–Crippen LogP) is 3.38. The number of benzene rings is 2. The highest BCUT2D eigenvalue weighted by atomic mass is 31.0. The summed E-state index contributed by atoms with van der Waals surface area (Å²) in [5.41, 5.74) is 1.96. The van der Waals surface area contributed by atoms with Gasteiger partial charge in [-0.15, -0.1) is 0 Å². The van der Waals surface area contributed by atoms with Gasteiger partial charge in [0.1, 0.15) is 19.4 Å². The number of para-hydroxylation sites is 1. The van der Waals surface area contributed by atoms with Gasteiger partial charge in [0, 0.05) is 11.1 Å². The van der Waals surface area contributed by atoms with Crippen molar-refractivity contribution in [3.8, 4) is 23.3 Å². The summed E-state index contributed by atoms with van der Waals surface area (Å²) in [6, 6.07) is 11.9. The summed E-state index contributed by atoms with van der Waals surface area (Å²) in [5, 5.41) is 7.72. The Morgan fingerprint density at radius 3 is 2.69 bits per heavy atom. The first-order valence-corrected chi connectivity index (χ1v) is 9.87. The number of carbonyl (C=O) groups excluding carboxylic acids is 1. The zero-order valence-corrected chi connectivity index (χ0v) is 18.7. The molecule has 1 aliphatic rings. The number of rotatable bonds is 6. The number of carbonyl (C=O) groups is 1. The van der Waals surface area contributed by atoms with E-state index in [1.807, 2.05) is 9.24 Å². The lowest BCUT2D eigenvalue weighted by molar-refractivity contribution is -0.132. The molecule has 0 radical (unpaired) electrons. The quantitative estimate of drug-likeness (QED) is 0.217. The lowest BCUT2D eigenvalue weighted by Crippen LogP contribution is -2.23. The fourth-order valence-corrected chi connectivity index (χ4v) is 3.00. The van der Waals surface area contributed by atoms with E-state index in [0.717, 1.165) is 0 Å². The van der Waals surface area contributed by atoms with Crippen LogP contribution in [0.3, 0.4) is 0 Å². The largest absolute Gasteiger partial charge is 0.464 e. The highest BCUT2D eigenvalue weighted by Gasteiger charge is 2.38. The molecule has 2 aromatic rings. The van der Waals surface area contributed by atoms with Crippen LogP contribution in [0.15, 0.2) is 52.8 Å². The molecule has 10 heteroatoms. The Bertz CT molecular complexity index is 1140. The van der Waals surface area contributed by atoms with Gasteiger partial charge in [0.2, 0.25) is 0 Å². The van der Waals surface area contributed by atoms with Crippen molar-refractivity contribution in [3.63, 3.8) is 0 Å². The molecule has 0 fully saturated rings. The van der Waals surface area contributed by atoms with Crippen LogP contribution in [0.4, 0.5) is 4.39 Å². The maximum absolute atomic E-state index is 13.9. The fraction of sp³-hybridized carbons (Fsp3) is 0.227. The molecule has 1 aliphatic heterocycles. The molecule has 2 atom stereocenters. The molecule has 8 nitrogen and oxygen atoms in total. The van der Waals surface area contributed by atoms with Crippen molar-refractivity contribution >= 4 is 26.6 Å². The SMILES string of the molecule is CO/N=C(/C(=O)OC)c1ccccc1CO/N=C(\C)C#Cc1cccc2c1OC(F)(P)O2. The van der Waals surface area contributed by atoms with Crippen LogP contribution in [0.2, 0.25) is 0 Å². The topological polar surface area (TPSA) is 87.9 Å². The predicted molar refractivity (Wildman–Crippen MR) is 118 cm³/mol. The van der Waals surface area contributed by atoms with Crippen LogP contribution in [0, 0.1) is 11.8 Å². The van der Waals surface area contributed by atoms with E-state index in [1.54, 1.807) is 49.4 Å². The average molecular weight is 458 g/mol. The van der Waals surface area contributed by atoms with E-state index in [2.05, 4.69) is 22.2 Å². The molecule has 0 aliphatic carbocycles. The molecule has 3 rings (SSSR count). The minimum Gasteiger partial charge on any atom is -0.464 e. The minimum atomic E-state index is -2.31. The van der Waals surface area contributed by atoms with Crippen molar-refractivity contribution in [1.82, 2.24) is 0 Å². The summed E-state index contributed by atoms with van der Waals surface area (Å²) in [7, 11) is 4.43. The van der Waals surface area contributed by atoms with E-state index in [-0.39, 0.29) is 23.8 Å². The smallest absolute Gasteiger partial charge is 0.418 e. The number of oxime groups is 2. The molecule has 166 valence electrons. The van der Waals surface area contributed by atoms with E-state index < -0.39 is 11.8 Å². The third kappa shape index (κ3) is 5.54. The van der Waals surface area contributed by atoms with Crippen LogP contribution in [0.1, 0.15) is 23.6 Å². The number of nitrogens with zero attached hydrogens (tertiary/aromatic N) is 2. The normalized spacial score (nSPS) is 17.3. The van der Waals surface area contributed by atoms with E-state index in [4.69, 9.17) is 23.9 Å². The van der Waals surface area contributed by atoms with Gasteiger partial charge in [0.05, 0.1) is 12.7 Å². The van der Waals surface area contributed by atoms with Gasteiger partial charge >= 0.3 is 11.8 Å². The number of hydrogen-bond donors (Lipinski definition) is 0. The van der Waals surface area contributed by atoms with Crippen molar-refractivity contribution in [2.75, 3.05) is 14.2 Å². The van der Waals surface area contributed by atoms with Crippen LogP contribution in [0.25, 0.3) is 0 Å². The Balaban J connectivity index is 1.73. The Morgan fingerprint density at radius 1 is 1.16 bits per heavy atom. The van der Waals surface area contributed by atoms with Crippen LogP contribution in [0.5, 0.6) is 11.5 Å². The first kappa shape index (κ1) is 23.0. The van der Waals surface area contributed by atoms with Gasteiger partial charge in [-0.05, 0) is 34.2 Å². The minimum absolute atomic E-state index is 0.00729. The number of methoxy groups -OCH3 is 1. The monoisotopic (exact) mass is 458 g/mol. The standard InChI is InChI=1S/C22H20FN2O6P/c1-14(11-12-15-8-6-10-18-20(15)31-22(23,32)30-18)24-29-13-16-7-4-5-9-17(16)19(25-28-3)21(26)27-2/h4-10H,13,32H2,1-3H3/b24-14+,25-19+. The highest BCUT2D eigenvalue weighted by molar-refractivity contribution is 7.18. The van der Waals surface area contributed by atoms with Gasteiger partial charge in [-0.1, -0.05) is 46.6 Å². The van der Waals surface area contributed by atoms with Crippen molar-refractivity contribution in [2.45, 2.75) is 19.3 Å². The molecule has 0 saturated carbocycles. The first-order chi connectivity index (χ1) is 15.3. The molecule has 1 heterocycles. The maximum Gasteiger partial charge on any atom is 0.418 e. The Hall–Kier alpha value is -3.63. The van der Waals surface area contributed by atoms with Crippen LogP contribution in [-0.4, -0.2) is 37.4 Å². The molecule has 0 spiro atoms. The third-order valence-corrected chi connectivity index (χ3v) is 4.34. The number of alkyl halides is 1. The molecular formula is C22H20FN2O6P. The molecule has 0 amide bonds. The second-order valence-corrected chi connectivity index (χ2v) is 7.08. The maximum atomic E-state index is 13.9. The number of halogens is 1. The molecule has 0 aromatic heterocycles. The summed E-state index contributed by atoms with van der Waals surface area (Å²) < 4.78 is 28.8. The van der Waals surface area contributed by atoms with Crippen molar-refractivity contribution in [1.29, 1.82) is 0 Å².